The molecule has 150 valence electrons. The molecule has 0 unspecified atom stereocenters. The Balaban J connectivity index is 1.77. The Hall–Kier alpha value is -2.68. The molecule has 0 amide bonds. The third-order valence-corrected chi connectivity index (χ3v) is 6.37. The normalized spacial score (nSPS) is 19.4. The number of nitrogens with zero attached hydrogens (tertiary/aromatic N) is 1. The van der Waals surface area contributed by atoms with E-state index < -0.39 is 21.6 Å². The molecule has 2 aromatic carbocycles. The first-order valence-corrected chi connectivity index (χ1v) is 11.0. The van der Waals surface area contributed by atoms with Gasteiger partial charge in [-0.15, -0.1) is 0 Å². The van der Waals surface area contributed by atoms with Crippen LogP contribution in [0.4, 0.5) is 5.69 Å². The number of nitrogens with two attached hydrogens (primary N) is 1. The topological polar surface area (TPSA) is 119 Å². The molecule has 1 fully saturated rings. The van der Waals surface area contributed by atoms with Gasteiger partial charge in [0.05, 0.1) is 22.7 Å². The van der Waals surface area contributed by atoms with Crippen LogP contribution >= 0.6 is 0 Å². The van der Waals surface area contributed by atoms with Crippen LogP contribution in [0.15, 0.2) is 52.4 Å². The molecule has 8 heteroatoms. The second-order valence-corrected chi connectivity index (χ2v) is 8.82. The van der Waals surface area contributed by atoms with Gasteiger partial charge in [-0.05, 0) is 49.5 Å². The van der Waals surface area contributed by atoms with E-state index in [4.69, 9.17) is 5.14 Å². The highest BCUT2D eigenvalue weighted by Crippen LogP contribution is 2.34. The van der Waals surface area contributed by atoms with Crippen LogP contribution in [0, 0.1) is 0 Å². The van der Waals surface area contributed by atoms with Crippen molar-refractivity contribution in [3.8, 4) is 0 Å². The van der Waals surface area contributed by atoms with Gasteiger partial charge in [0.2, 0.25) is 15.8 Å². The van der Waals surface area contributed by atoms with Crippen molar-refractivity contribution < 1.29 is 18.0 Å². The van der Waals surface area contributed by atoms with Crippen molar-refractivity contribution in [2.45, 2.75) is 30.1 Å². The molecule has 0 aromatic heterocycles. The molecule has 2 aromatic rings. The average Bonchev–Trinajstić information content (AvgIpc) is 2.72. The molecule has 1 heterocycles. The molecule has 1 aliphatic carbocycles. The average molecular weight is 411 g/mol. The predicted molar refractivity (Wildman–Crippen MR) is 109 cm³/mol. The molecule has 29 heavy (non-hydrogen) atoms. The summed E-state index contributed by atoms with van der Waals surface area (Å²) >= 11 is 0. The number of carbonyl (C=O) groups is 2. The van der Waals surface area contributed by atoms with Gasteiger partial charge in [0, 0.05) is 11.1 Å². The van der Waals surface area contributed by atoms with Crippen molar-refractivity contribution in [3.63, 3.8) is 0 Å². The van der Waals surface area contributed by atoms with E-state index in [1.54, 1.807) is 0 Å². The molecule has 7 nitrogen and oxygen atoms in total. The maximum Gasteiger partial charge on any atom is 0.238 e. The highest BCUT2D eigenvalue weighted by molar-refractivity contribution is 7.89. The SMILES string of the molecule is NS(=O)(=O)c1cccc2c1C(=O)CC(=Nc1ccccc1C1CCNCC1)C2=O. The number of Topliss-reactive ketones (excluding diaryl/α,β-unsaturated/α-hetero) is 2. The molecule has 0 spiro atoms. The quantitative estimate of drug-likeness (QED) is 0.804. The molecule has 1 saturated heterocycles. The molecule has 3 N–H and O–H groups in total. The Kier molecular flexibility index (Phi) is 5.16. The minimum Gasteiger partial charge on any atom is -0.317 e. The molecule has 2 aliphatic rings. The fourth-order valence-corrected chi connectivity index (χ4v) is 4.80. The van der Waals surface area contributed by atoms with Crippen LogP contribution in [0.5, 0.6) is 0 Å². The van der Waals surface area contributed by atoms with E-state index in [0.717, 1.165) is 31.5 Å². The highest BCUT2D eigenvalue weighted by Gasteiger charge is 2.34. The maximum atomic E-state index is 13.0. The van der Waals surface area contributed by atoms with Crippen LogP contribution in [0.3, 0.4) is 0 Å². The van der Waals surface area contributed by atoms with Crippen molar-refractivity contribution in [3.05, 3.63) is 59.2 Å². The van der Waals surface area contributed by atoms with Gasteiger partial charge in [-0.25, -0.2) is 18.5 Å². The van der Waals surface area contributed by atoms with E-state index in [1.807, 2.05) is 24.3 Å². The minimum atomic E-state index is -4.12. The second-order valence-electron chi connectivity index (χ2n) is 7.29. The van der Waals surface area contributed by atoms with Gasteiger partial charge in [0.1, 0.15) is 0 Å². The summed E-state index contributed by atoms with van der Waals surface area (Å²) in [4.78, 5) is 30.0. The lowest BCUT2D eigenvalue weighted by atomic mass is 9.87. The Bertz CT molecular complexity index is 1130. The molecular weight excluding hydrogens is 390 g/mol. The monoisotopic (exact) mass is 411 g/mol. The number of primary sulfonamides is 1. The number of aliphatic imine (C=N–C) groups is 1. The second kappa shape index (κ2) is 7.62. The minimum absolute atomic E-state index is 0.0332. The van der Waals surface area contributed by atoms with Crippen LogP contribution in [0.1, 0.15) is 51.5 Å². The fourth-order valence-electron chi connectivity index (χ4n) is 4.02. The summed E-state index contributed by atoms with van der Waals surface area (Å²) in [6.07, 6.45) is 1.71. The van der Waals surface area contributed by atoms with Crippen molar-refractivity contribution in [2.75, 3.05) is 13.1 Å². The summed E-state index contributed by atoms with van der Waals surface area (Å²) in [5.41, 5.74) is 1.76. The van der Waals surface area contributed by atoms with E-state index in [1.165, 1.54) is 18.2 Å². The number of piperidine rings is 1. The largest absolute Gasteiger partial charge is 0.317 e. The zero-order chi connectivity index (χ0) is 20.6. The van der Waals surface area contributed by atoms with Gasteiger partial charge >= 0.3 is 0 Å². The zero-order valence-electron chi connectivity index (χ0n) is 15.7. The summed E-state index contributed by atoms with van der Waals surface area (Å²) in [5.74, 6) is -0.569. The number of benzene rings is 2. The van der Waals surface area contributed by atoms with E-state index in [0.29, 0.717) is 11.6 Å². The van der Waals surface area contributed by atoms with E-state index >= 15 is 0 Å². The number of fused-ring (bicyclic) bond motifs is 1. The van der Waals surface area contributed by atoms with Gasteiger partial charge in [-0.1, -0.05) is 30.3 Å². The van der Waals surface area contributed by atoms with E-state index in [9.17, 15) is 18.0 Å². The van der Waals surface area contributed by atoms with Crippen molar-refractivity contribution >= 4 is 33.0 Å². The Morgan fingerprint density at radius 3 is 2.45 bits per heavy atom. The van der Waals surface area contributed by atoms with Gasteiger partial charge in [-0.2, -0.15) is 0 Å². The first-order valence-electron chi connectivity index (χ1n) is 9.47. The first kappa shape index (κ1) is 19.6. The first-order chi connectivity index (χ1) is 13.9. The molecule has 0 radical (unpaired) electrons. The van der Waals surface area contributed by atoms with E-state index in [2.05, 4.69) is 10.3 Å². The highest BCUT2D eigenvalue weighted by atomic mass is 32.2. The molecular formula is C21H21N3O4S. The number of sulfonamides is 1. The number of hydrogen-bond acceptors (Lipinski definition) is 6. The standard InChI is InChI=1S/C21H21N3O4S/c22-29(27,28)19-7-3-5-15-20(19)18(25)12-17(21(15)26)24-16-6-2-1-4-14(16)13-8-10-23-11-9-13/h1-7,13,23H,8-12H2,(H2,22,27,28). The lowest BCUT2D eigenvalue weighted by Gasteiger charge is -2.24. The van der Waals surface area contributed by atoms with Crippen LogP contribution in [-0.2, 0) is 10.0 Å². The summed E-state index contributed by atoms with van der Waals surface area (Å²) in [7, 11) is -4.12. The van der Waals surface area contributed by atoms with Gasteiger partial charge in [-0.3, -0.25) is 9.59 Å². The number of nitrogens with one attached hydrogen (secondary N) is 1. The van der Waals surface area contributed by atoms with Crippen molar-refractivity contribution in [1.29, 1.82) is 0 Å². The maximum absolute atomic E-state index is 13.0. The lowest BCUT2D eigenvalue weighted by Crippen LogP contribution is -2.30. The third-order valence-electron chi connectivity index (χ3n) is 5.42. The molecule has 0 atom stereocenters. The van der Waals surface area contributed by atoms with E-state index in [-0.39, 0.29) is 28.2 Å². The molecule has 0 bridgehead atoms. The Morgan fingerprint density at radius 2 is 1.72 bits per heavy atom. The third kappa shape index (κ3) is 3.78. The predicted octanol–water partition coefficient (Wildman–Crippen LogP) is 2.34. The summed E-state index contributed by atoms with van der Waals surface area (Å²) in [5, 5.41) is 8.56. The molecule has 0 saturated carbocycles. The van der Waals surface area contributed by atoms with Gasteiger partial charge < -0.3 is 5.32 Å². The van der Waals surface area contributed by atoms with Crippen molar-refractivity contribution in [1.82, 2.24) is 5.32 Å². The number of para-hydroxylation sites is 1. The van der Waals surface area contributed by atoms with Gasteiger partial charge in [0.15, 0.2) is 5.78 Å². The molecule has 4 rings (SSSR count). The van der Waals surface area contributed by atoms with Crippen molar-refractivity contribution in [2.24, 2.45) is 10.1 Å². The Labute approximate surface area is 169 Å². The van der Waals surface area contributed by atoms with Crippen LogP contribution in [0.2, 0.25) is 0 Å². The molecule has 1 aliphatic heterocycles. The smallest absolute Gasteiger partial charge is 0.238 e. The summed E-state index contributed by atoms with van der Waals surface area (Å²) in [6, 6.07) is 11.8. The van der Waals surface area contributed by atoms with Gasteiger partial charge in [0.25, 0.3) is 0 Å². The number of hydrogen-bond donors (Lipinski definition) is 2. The summed E-state index contributed by atoms with van der Waals surface area (Å²) in [6.45, 7) is 1.85. The van der Waals surface area contributed by atoms with Crippen LogP contribution in [0.25, 0.3) is 0 Å². The lowest BCUT2D eigenvalue weighted by molar-refractivity contribution is 0.0962. The fraction of sp³-hybridized carbons (Fsp3) is 0.286. The van der Waals surface area contributed by atoms with Crippen LogP contribution in [-0.4, -0.2) is 38.8 Å². The van der Waals surface area contributed by atoms with Crippen LogP contribution < -0.4 is 10.5 Å². The number of rotatable bonds is 3. The Morgan fingerprint density at radius 1 is 1.00 bits per heavy atom. The summed E-state index contributed by atoms with van der Waals surface area (Å²) < 4.78 is 23.7. The number of carbonyl (C=O) groups excluding carboxylic acids is 2. The zero-order valence-corrected chi connectivity index (χ0v) is 16.5. The number of ketones is 2.